The third-order valence-corrected chi connectivity index (χ3v) is 5.77. The van der Waals surface area contributed by atoms with E-state index in [2.05, 4.69) is 15.5 Å². The molecule has 4 bridgehead atoms. The van der Waals surface area contributed by atoms with Gasteiger partial charge in [-0.1, -0.05) is 0 Å². The van der Waals surface area contributed by atoms with Gasteiger partial charge in [-0.2, -0.15) is 0 Å². The molecule has 5 rings (SSSR count). The molecular formula is C14H23N5. The van der Waals surface area contributed by atoms with Gasteiger partial charge in [-0.15, -0.1) is 5.10 Å². The van der Waals surface area contributed by atoms with E-state index in [1.54, 1.807) is 0 Å². The fourth-order valence-corrected chi connectivity index (χ4v) is 5.20. The Hall–Kier alpha value is -0.970. The van der Waals surface area contributed by atoms with E-state index in [1.165, 1.54) is 32.1 Å². The summed E-state index contributed by atoms with van der Waals surface area (Å²) >= 11 is 0. The van der Waals surface area contributed by atoms with Crippen LogP contribution in [0.3, 0.4) is 0 Å². The lowest BCUT2D eigenvalue weighted by atomic mass is 9.52. The molecule has 0 saturated heterocycles. The van der Waals surface area contributed by atoms with E-state index in [0.29, 0.717) is 0 Å². The number of tetrazole rings is 1. The minimum absolute atomic E-state index is 0.0770. The van der Waals surface area contributed by atoms with E-state index >= 15 is 0 Å². The van der Waals surface area contributed by atoms with Gasteiger partial charge in [0.25, 0.3) is 0 Å². The summed E-state index contributed by atoms with van der Waals surface area (Å²) in [5, 5.41) is 12.0. The van der Waals surface area contributed by atoms with Gasteiger partial charge in [0.2, 0.25) is 0 Å². The van der Waals surface area contributed by atoms with Crippen molar-refractivity contribution in [2.45, 2.75) is 51.6 Å². The Bertz CT molecular complexity index is 438. The minimum atomic E-state index is -0.0770. The normalized spacial score (nSPS) is 41.7. The van der Waals surface area contributed by atoms with Gasteiger partial charge in [0.15, 0.2) is 5.82 Å². The maximum Gasteiger partial charge on any atom is 0.167 e. The summed E-state index contributed by atoms with van der Waals surface area (Å²) in [5.74, 6) is 5.52. The highest BCUT2D eigenvalue weighted by molar-refractivity contribution is 4.99. The summed E-state index contributed by atoms with van der Waals surface area (Å²) in [5.41, 5.74) is 5.95. The lowest BCUT2D eigenvalue weighted by Crippen LogP contribution is -2.46. The number of nitrogens with two attached hydrogens (primary N) is 1. The van der Waals surface area contributed by atoms with Crippen LogP contribution in [0.4, 0.5) is 0 Å². The Kier molecular flexibility index (Phi) is 2.65. The average Bonchev–Trinajstić information content (AvgIpc) is 2.81. The maximum absolute atomic E-state index is 5.95. The van der Waals surface area contributed by atoms with Crippen molar-refractivity contribution in [1.82, 2.24) is 20.2 Å². The summed E-state index contributed by atoms with van der Waals surface area (Å²) in [6.45, 7) is 2.94. The molecule has 1 aromatic rings. The summed E-state index contributed by atoms with van der Waals surface area (Å²) in [6.07, 6.45) is 7.32. The molecule has 4 aliphatic rings. The van der Waals surface area contributed by atoms with Crippen molar-refractivity contribution in [3.05, 3.63) is 5.82 Å². The second-order valence-corrected chi connectivity index (χ2v) is 7.10. The topological polar surface area (TPSA) is 69.6 Å². The molecule has 0 aromatic carbocycles. The Morgan fingerprint density at radius 1 is 1.16 bits per heavy atom. The fraction of sp³-hybridized carbons (Fsp3) is 0.929. The summed E-state index contributed by atoms with van der Waals surface area (Å²) in [6, 6.07) is -0.0770. The molecule has 5 heteroatoms. The first kappa shape index (κ1) is 11.8. The standard InChI is InChI=1S/C14H23N5/c1-8(15)14-16-17-18-19(14)7-13-11-3-9-2-10(5-11)6-12(13)4-9/h8-13H,2-7,15H2,1H3. The zero-order valence-corrected chi connectivity index (χ0v) is 11.6. The molecule has 4 fully saturated rings. The van der Waals surface area contributed by atoms with Crippen LogP contribution in [0.25, 0.3) is 0 Å². The molecule has 1 unspecified atom stereocenters. The fourth-order valence-electron chi connectivity index (χ4n) is 5.20. The maximum atomic E-state index is 5.95. The van der Waals surface area contributed by atoms with Crippen molar-refractivity contribution < 1.29 is 0 Å². The molecule has 2 N–H and O–H groups in total. The van der Waals surface area contributed by atoms with Gasteiger partial charge in [0.05, 0.1) is 6.04 Å². The lowest BCUT2D eigenvalue weighted by Gasteiger charge is -2.54. The van der Waals surface area contributed by atoms with Crippen LogP contribution in [0.15, 0.2) is 0 Å². The van der Waals surface area contributed by atoms with Crippen LogP contribution in [0.5, 0.6) is 0 Å². The predicted octanol–water partition coefficient (Wildman–Crippen LogP) is 1.77. The second kappa shape index (κ2) is 4.27. The van der Waals surface area contributed by atoms with Crippen molar-refractivity contribution in [2.75, 3.05) is 0 Å². The van der Waals surface area contributed by atoms with Gasteiger partial charge in [0, 0.05) is 6.54 Å². The third-order valence-electron chi connectivity index (χ3n) is 5.77. The van der Waals surface area contributed by atoms with Crippen LogP contribution < -0.4 is 5.73 Å². The molecule has 104 valence electrons. The summed E-state index contributed by atoms with van der Waals surface area (Å²) < 4.78 is 1.97. The first-order chi connectivity index (χ1) is 9.20. The molecule has 0 aliphatic heterocycles. The monoisotopic (exact) mass is 261 g/mol. The molecule has 0 amide bonds. The molecule has 19 heavy (non-hydrogen) atoms. The number of hydrogen-bond donors (Lipinski definition) is 1. The summed E-state index contributed by atoms with van der Waals surface area (Å²) in [7, 11) is 0. The van der Waals surface area contributed by atoms with E-state index < -0.39 is 0 Å². The Morgan fingerprint density at radius 2 is 1.79 bits per heavy atom. The molecule has 5 nitrogen and oxygen atoms in total. The van der Waals surface area contributed by atoms with E-state index in [-0.39, 0.29) is 6.04 Å². The third kappa shape index (κ3) is 1.90. The van der Waals surface area contributed by atoms with Crippen molar-refractivity contribution in [3.63, 3.8) is 0 Å². The SMILES string of the molecule is CC(N)c1nnnn1CC1C2CC3CC(C2)CC1C3. The van der Waals surface area contributed by atoms with Crippen LogP contribution in [0.2, 0.25) is 0 Å². The number of hydrogen-bond acceptors (Lipinski definition) is 4. The molecule has 1 heterocycles. The van der Waals surface area contributed by atoms with Gasteiger partial charge in [-0.05, 0) is 79.0 Å². The lowest BCUT2D eigenvalue weighted by molar-refractivity contribution is -0.0448. The van der Waals surface area contributed by atoms with E-state index in [9.17, 15) is 0 Å². The highest BCUT2D eigenvalue weighted by Crippen LogP contribution is 2.56. The largest absolute Gasteiger partial charge is 0.322 e. The number of nitrogens with zero attached hydrogens (tertiary/aromatic N) is 4. The van der Waals surface area contributed by atoms with Crippen LogP contribution >= 0.6 is 0 Å². The zero-order valence-electron chi connectivity index (χ0n) is 11.6. The highest BCUT2D eigenvalue weighted by Gasteiger charge is 2.48. The minimum Gasteiger partial charge on any atom is -0.322 e. The molecular weight excluding hydrogens is 238 g/mol. The molecule has 1 atom stereocenters. The molecule has 1 aromatic heterocycles. The summed E-state index contributed by atoms with van der Waals surface area (Å²) in [4.78, 5) is 0. The zero-order chi connectivity index (χ0) is 13.0. The van der Waals surface area contributed by atoms with Gasteiger partial charge >= 0.3 is 0 Å². The smallest absolute Gasteiger partial charge is 0.167 e. The highest BCUT2D eigenvalue weighted by atomic mass is 15.5. The Balaban J connectivity index is 1.55. The van der Waals surface area contributed by atoms with E-state index in [4.69, 9.17) is 5.73 Å². The van der Waals surface area contributed by atoms with E-state index in [1.807, 2.05) is 11.6 Å². The Labute approximate surface area is 113 Å². The molecule has 4 aliphatic carbocycles. The van der Waals surface area contributed by atoms with Crippen LogP contribution in [0, 0.1) is 29.6 Å². The molecule has 0 spiro atoms. The molecule has 4 saturated carbocycles. The number of rotatable bonds is 3. The van der Waals surface area contributed by atoms with Gasteiger partial charge < -0.3 is 5.73 Å². The van der Waals surface area contributed by atoms with Crippen LogP contribution in [0.1, 0.15) is 50.9 Å². The van der Waals surface area contributed by atoms with Gasteiger partial charge in [-0.25, -0.2) is 4.68 Å². The van der Waals surface area contributed by atoms with Gasteiger partial charge in [-0.3, -0.25) is 0 Å². The van der Waals surface area contributed by atoms with E-state index in [0.717, 1.165) is 42.0 Å². The predicted molar refractivity (Wildman–Crippen MR) is 71.0 cm³/mol. The van der Waals surface area contributed by atoms with Crippen molar-refractivity contribution in [2.24, 2.45) is 35.3 Å². The Morgan fingerprint density at radius 3 is 2.37 bits per heavy atom. The first-order valence-corrected chi connectivity index (χ1v) is 7.72. The van der Waals surface area contributed by atoms with Crippen LogP contribution in [-0.4, -0.2) is 20.2 Å². The van der Waals surface area contributed by atoms with Crippen molar-refractivity contribution in [3.8, 4) is 0 Å². The van der Waals surface area contributed by atoms with Crippen molar-refractivity contribution in [1.29, 1.82) is 0 Å². The average molecular weight is 261 g/mol. The quantitative estimate of drug-likeness (QED) is 0.900. The second-order valence-electron chi connectivity index (χ2n) is 7.10. The van der Waals surface area contributed by atoms with Crippen molar-refractivity contribution >= 4 is 0 Å². The first-order valence-electron chi connectivity index (χ1n) is 7.72. The van der Waals surface area contributed by atoms with Crippen LogP contribution in [-0.2, 0) is 6.54 Å². The molecule has 0 radical (unpaired) electrons. The number of aromatic nitrogens is 4. The van der Waals surface area contributed by atoms with Gasteiger partial charge in [0.1, 0.15) is 0 Å².